The minimum absolute atomic E-state index is 0.00581. The largest absolute Gasteiger partial charge is 0.468 e. The molecule has 6 nitrogen and oxygen atoms in total. The van der Waals surface area contributed by atoms with E-state index < -0.39 is 22.4 Å². The minimum atomic E-state index is -4.03. The van der Waals surface area contributed by atoms with E-state index in [4.69, 9.17) is 4.42 Å². The quantitative estimate of drug-likeness (QED) is 0.783. The zero-order valence-corrected chi connectivity index (χ0v) is 14.0. The van der Waals surface area contributed by atoms with Crippen molar-refractivity contribution in [2.24, 2.45) is 0 Å². The van der Waals surface area contributed by atoms with Crippen molar-refractivity contribution < 1.29 is 26.4 Å². The molecule has 1 heterocycles. The van der Waals surface area contributed by atoms with E-state index in [1.165, 1.54) is 30.5 Å². The number of para-hydroxylation sites is 1. The van der Waals surface area contributed by atoms with Crippen LogP contribution in [0.1, 0.15) is 11.8 Å². The fourth-order valence-corrected chi connectivity index (χ4v) is 3.32. The molecule has 1 unspecified atom stereocenters. The Bertz CT molecular complexity index is 749. The third-order valence-corrected chi connectivity index (χ3v) is 4.78. The van der Waals surface area contributed by atoms with Gasteiger partial charge in [0.2, 0.25) is 10.0 Å². The van der Waals surface area contributed by atoms with E-state index in [9.17, 15) is 17.2 Å². The van der Waals surface area contributed by atoms with E-state index in [2.05, 4.69) is 9.46 Å². The number of halogens is 2. The number of hydrogen-bond acceptors (Lipinski definition) is 5. The standard InChI is InChI=1S/C15H18F2N2O4S/c1-19(2)11(12-7-5-9-22-12)10-18-24(20,21)14-8-4-3-6-13(14)23-15(16)17/h3-9,11,15,18H,10H2,1-2H3. The van der Waals surface area contributed by atoms with Crippen molar-refractivity contribution in [1.82, 2.24) is 9.62 Å². The maximum atomic E-state index is 12.4. The summed E-state index contributed by atoms with van der Waals surface area (Å²) in [5, 5.41) is 0. The van der Waals surface area contributed by atoms with Gasteiger partial charge in [-0.2, -0.15) is 8.78 Å². The summed E-state index contributed by atoms with van der Waals surface area (Å²) in [5.74, 6) is 0.180. The van der Waals surface area contributed by atoms with Gasteiger partial charge in [0.1, 0.15) is 16.4 Å². The summed E-state index contributed by atoms with van der Waals surface area (Å²) in [5.41, 5.74) is 0. The summed E-state index contributed by atoms with van der Waals surface area (Å²) >= 11 is 0. The molecule has 0 amide bonds. The predicted octanol–water partition coefficient (Wildman–Crippen LogP) is 2.46. The molecule has 24 heavy (non-hydrogen) atoms. The van der Waals surface area contributed by atoms with Crippen LogP contribution in [0.5, 0.6) is 5.75 Å². The zero-order valence-electron chi connectivity index (χ0n) is 13.1. The van der Waals surface area contributed by atoms with Gasteiger partial charge in [-0.3, -0.25) is 4.90 Å². The third kappa shape index (κ3) is 4.53. The van der Waals surface area contributed by atoms with Crippen molar-refractivity contribution in [3.8, 4) is 5.75 Å². The van der Waals surface area contributed by atoms with E-state index in [0.29, 0.717) is 5.76 Å². The Labute approximate surface area is 139 Å². The van der Waals surface area contributed by atoms with Crippen molar-refractivity contribution in [1.29, 1.82) is 0 Å². The van der Waals surface area contributed by atoms with Crippen molar-refractivity contribution in [3.05, 3.63) is 48.4 Å². The van der Waals surface area contributed by atoms with Crippen LogP contribution in [-0.2, 0) is 10.0 Å². The lowest BCUT2D eigenvalue weighted by Gasteiger charge is -2.22. The van der Waals surface area contributed by atoms with Gasteiger partial charge >= 0.3 is 6.61 Å². The molecule has 1 atom stereocenters. The maximum Gasteiger partial charge on any atom is 0.387 e. The first-order valence-electron chi connectivity index (χ1n) is 7.04. The Morgan fingerprint density at radius 1 is 1.21 bits per heavy atom. The number of furan rings is 1. The van der Waals surface area contributed by atoms with Gasteiger partial charge in [0.05, 0.1) is 12.3 Å². The van der Waals surface area contributed by atoms with Crippen LogP contribution in [0, 0.1) is 0 Å². The minimum Gasteiger partial charge on any atom is -0.468 e. The summed E-state index contributed by atoms with van der Waals surface area (Å²) in [6.45, 7) is -3.11. The van der Waals surface area contributed by atoms with Crippen molar-refractivity contribution in [2.75, 3.05) is 20.6 Å². The molecule has 0 fully saturated rings. The van der Waals surface area contributed by atoms with Crippen LogP contribution in [0.2, 0.25) is 0 Å². The van der Waals surface area contributed by atoms with E-state index in [1.807, 2.05) is 0 Å². The SMILES string of the molecule is CN(C)C(CNS(=O)(=O)c1ccccc1OC(F)F)c1ccco1. The highest BCUT2D eigenvalue weighted by molar-refractivity contribution is 7.89. The molecule has 9 heteroatoms. The highest BCUT2D eigenvalue weighted by atomic mass is 32.2. The van der Waals surface area contributed by atoms with Crippen LogP contribution < -0.4 is 9.46 Å². The second kappa shape index (κ2) is 7.73. The Morgan fingerprint density at radius 3 is 2.50 bits per heavy atom. The number of nitrogens with one attached hydrogen (secondary N) is 1. The predicted molar refractivity (Wildman–Crippen MR) is 83.4 cm³/mol. The fraction of sp³-hybridized carbons (Fsp3) is 0.333. The Kier molecular flexibility index (Phi) is 5.92. The van der Waals surface area contributed by atoms with Crippen molar-refractivity contribution >= 4 is 10.0 Å². The molecule has 0 radical (unpaired) electrons. The average Bonchev–Trinajstić information content (AvgIpc) is 3.00. The van der Waals surface area contributed by atoms with Crippen LogP contribution in [-0.4, -0.2) is 40.6 Å². The number of rotatable bonds is 8. The lowest BCUT2D eigenvalue weighted by atomic mass is 10.2. The molecule has 2 aromatic rings. The molecule has 1 aromatic carbocycles. The molecule has 0 aliphatic rings. The van der Waals surface area contributed by atoms with Gasteiger partial charge in [0.25, 0.3) is 0 Å². The van der Waals surface area contributed by atoms with Gasteiger partial charge < -0.3 is 9.15 Å². The molecule has 0 bridgehead atoms. The number of nitrogens with zero attached hydrogens (tertiary/aromatic N) is 1. The van der Waals surface area contributed by atoms with Crippen molar-refractivity contribution in [3.63, 3.8) is 0 Å². The van der Waals surface area contributed by atoms with Crippen LogP contribution in [0.4, 0.5) is 8.78 Å². The molecule has 0 aliphatic heterocycles. The fourth-order valence-electron chi connectivity index (χ4n) is 2.15. The molecule has 132 valence electrons. The first-order valence-corrected chi connectivity index (χ1v) is 8.53. The summed E-state index contributed by atoms with van der Waals surface area (Å²) in [7, 11) is -0.487. The van der Waals surface area contributed by atoms with Crippen LogP contribution in [0.15, 0.2) is 52.0 Å². The summed E-state index contributed by atoms with van der Waals surface area (Å²) in [6.07, 6.45) is 1.49. The Hall–Kier alpha value is -1.97. The molecule has 0 saturated carbocycles. The molecular formula is C15H18F2N2O4S. The van der Waals surface area contributed by atoms with Gasteiger partial charge in [-0.15, -0.1) is 0 Å². The second-order valence-electron chi connectivity index (χ2n) is 5.17. The lowest BCUT2D eigenvalue weighted by Crippen LogP contribution is -2.34. The molecule has 0 saturated heterocycles. The normalized spacial score (nSPS) is 13.4. The van der Waals surface area contributed by atoms with Gasteiger partial charge in [0.15, 0.2) is 0 Å². The van der Waals surface area contributed by atoms with Crippen LogP contribution in [0.25, 0.3) is 0 Å². The summed E-state index contributed by atoms with van der Waals surface area (Å²) in [6, 6.07) is 8.32. The number of benzene rings is 1. The zero-order chi connectivity index (χ0) is 17.7. The lowest BCUT2D eigenvalue weighted by molar-refractivity contribution is -0.0517. The topological polar surface area (TPSA) is 71.8 Å². The van der Waals surface area contributed by atoms with E-state index >= 15 is 0 Å². The van der Waals surface area contributed by atoms with Gasteiger partial charge in [0, 0.05) is 6.54 Å². The molecule has 0 aliphatic carbocycles. The Balaban J connectivity index is 2.19. The van der Waals surface area contributed by atoms with Gasteiger partial charge in [-0.25, -0.2) is 13.1 Å². The first kappa shape index (κ1) is 18.4. The monoisotopic (exact) mass is 360 g/mol. The highest BCUT2D eigenvalue weighted by Gasteiger charge is 2.24. The molecule has 2 rings (SSSR count). The first-order chi connectivity index (χ1) is 11.3. The van der Waals surface area contributed by atoms with Crippen LogP contribution in [0.3, 0.4) is 0 Å². The smallest absolute Gasteiger partial charge is 0.387 e. The third-order valence-electron chi connectivity index (χ3n) is 3.32. The number of ether oxygens (including phenoxy) is 1. The molecular weight excluding hydrogens is 342 g/mol. The molecule has 1 N–H and O–H groups in total. The van der Waals surface area contributed by atoms with E-state index in [1.54, 1.807) is 31.1 Å². The second-order valence-corrected chi connectivity index (χ2v) is 6.91. The van der Waals surface area contributed by atoms with E-state index in [-0.39, 0.29) is 17.5 Å². The van der Waals surface area contributed by atoms with Gasteiger partial charge in [-0.1, -0.05) is 12.1 Å². The molecule has 1 aromatic heterocycles. The number of hydrogen-bond donors (Lipinski definition) is 1. The summed E-state index contributed by atoms with van der Waals surface area (Å²) in [4.78, 5) is 1.44. The average molecular weight is 360 g/mol. The number of likely N-dealkylation sites (N-methyl/N-ethyl adjacent to an activating group) is 1. The van der Waals surface area contributed by atoms with E-state index in [0.717, 1.165) is 0 Å². The number of alkyl halides is 2. The maximum absolute atomic E-state index is 12.4. The Morgan fingerprint density at radius 2 is 1.92 bits per heavy atom. The highest BCUT2D eigenvalue weighted by Crippen LogP contribution is 2.25. The van der Waals surface area contributed by atoms with Crippen LogP contribution >= 0.6 is 0 Å². The van der Waals surface area contributed by atoms with Crippen molar-refractivity contribution in [2.45, 2.75) is 17.5 Å². The van der Waals surface area contributed by atoms with Gasteiger partial charge in [-0.05, 0) is 38.4 Å². The molecule has 0 spiro atoms. The summed E-state index contributed by atoms with van der Waals surface area (Å²) < 4.78 is 61.8. The number of sulfonamides is 1.